The van der Waals surface area contributed by atoms with Crippen LogP contribution in [0.5, 0.6) is 0 Å². The summed E-state index contributed by atoms with van der Waals surface area (Å²) in [5.74, 6) is 0. The molecule has 4 heteroatoms. The highest BCUT2D eigenvalue weighted by atomic mass is 16.5. The Kier molecular flexibility index (Phi) is 10.9. The number of allylic oxidation sites excluding steroid dienone is 4. The second-order valence-corrected chi connectivity index (χ2v) is 11.5. The summed E-state index contributed by atoms with van der Waals surface area (Å²) >= 11 is 0. The van der Waals surface area contributed by atoms with E-state index in [9.17, 15) is 15.3 Å². The number of aliphatic hydroxyl groups is 3. The van der Waals surface area contributed by atoms with Crippen LogP contribution in [0.3, 0.4) is 0 Å². The van der Waals surface area contributed by atoms with Gasteiger partial charge in [-0.25, -0.2) is 0 Å². The zero-order chi connectivity index (χ0) is 24.4. The van der Waals surface area contributed by atoms with Crippen molar-refractivity contribution < 1.29 is 20.1 Å². The molecule has 3 rings (SSSR count). The lowest BCUT2D eigenvalue weighted by Crippen LogP contribution is -2.33. The Hall–Kier alpha value is -0.940. The van der Waals surface area contributed by atoms with Crippen LogP contribution in [0.4, 0.5) is 0 Å². The molecule has 3 fully saturated rings. The summed E-state index contributed by atoms with van der Waals surface area (Å²) < 4.78 is 6.17. The van der Waals surface area contributed by atoms with Gasteiger partial charge in [-0.1, -0.05) is 49.3 Å². The Balaban J connectivity index is 1.36. The van der Waals surface area contributed by atoms with E-state index in [-0.39, 0.29) is 0 Å². The predicted octanol–water partition coefficient (Wildman–Crippen LogP) is 6.54. The van der Waals surface area contributed by atoms with E-state index < -0.39 is 17.8 Å². The number of hydrogen-bond donors (Lipinski definition) is 3. The molecule has 1 spiro atoms. The Labute approximate surface area is 208 Å². The number of ether oxygens (including phenoxy) is 1. The van der Waals surface area contributed by atoms with Crippen molar-refractivity contribution in [2.75, 3.05) is 6.61 Å². The summed E-state index contributed by atoms with van der Waals surface area (Å²) in [6.07, 6.45) is 24.9. The molecule has 0 unspecified atom stereocenters. The number of rotatable bonds is 10. The van der Waals surface area contributed by atoms with Crippen LogP contribution in [0, 0.1) is 5.41 Å². The highest BCUT2D eigenvalue weighted by Gasteiger charge is 2.37. The predicted molar refractivity (Wildman–Crippen MR) is 140 cm³/mol. The van der Waals surface area contributed by atoms with Crippen LogP contribution in [-0.2, 0) is 4.74 Å². The smallest absolute Gasteiger partial charge is 0.0651 e. The van der Waals surface area contributed by atoms with Crippen LogP contribution in [0.15, 0.2) is 35.5 Å². The zero-order valence-corrected chi connectivity index (χ0v) is 21.8. The number of aliphatic hydroxyl groups excluding tert-OH is 2. The summed E-state index contributed by atoms with van der Waals surface area (Å²) in [6, 6.07) is 0. The van der Waals surface area contributed by atoms with Crippen LogP contribution in [0.1, 0.15) is 117 Å². The molecule has 0 aliphatic heterocycles. The maximum atomic E-state index is 10.4. The summed E-state index contributed by atoms with van der Waals surface area (Å²) in [5, 5.41) is 30.2. The van der Waals surface area contributed by atoms with Crippen LogP contribution in [-0.4, -0.2) is 45.8 Å². The molecule has 0 radical (unpaired) electrons. The first-order valence-corrected chi connectivity index (χ1v) is 14.1. The largest absolute Gasteiger partial charge is 0.393 e. The molecular formula is C30H50O4. The monoisotopic (exact) mass is 474 g/mol. The van der Waals surface area contributed by atoms with Crippen molar-refractivity contribution in [3.05, 3.63) is 35.5 Å². The Morgan fingerprint density at radius 3 is 2.32 bits per heavy atom. The normalized spacial score (nSPS) is 32.1. The van der Waals surface area contributed by atoms with Gasteiger partial charge in [-0.15, -0.1) is 0 Å². The Morgan fingerprint density at radius 1 is 0.971 bits per heavy atom. The Morgan fingerprint density at radius 2 is 1.65 bits per heavy atom. The van der Waals surface area contributed by atoms with E-state index in [4.69, 9.17) is 4.74 Å². The van der Waals surface area contributed by atoms with Crippen LogP contribution >= 0.6 is 0 Å². The molecule has 3 aliphatic carbocycles. The third-order valence-corrected chi connectivity index (χ3v) is 8.82. The summed E-state index contributed by atoms with van der Waals surface area (Å²) in [6.45, 7) is 4.85. The van der Waals surface area contributed by atoms with E-state index in [1.165, 1.54) is 56.9 Å². The summed E-state index contributed by atoms with van der Waals surface area (Å²) in [4.78, 5) is 0. The molecule has 4 nitrogen and oxygen atoms in total. The third-order valence-electron chi connectivity index (χ3n) is 8.82. The van der Waals surface area contributed by atoms with E-state index in [1.54, 1.807) is 5.57 Å². The first kappa shape index (κ1) is 27.6. The van der Waals surface area contributed by atoms with E-state index in [2.05, 4.69) is 38.2 Å². The SMILES string of the molecule is CCC(O)(CC)CCC/C=C/COC1CCC2(CCC/C(=C\C=C3C[C@H](O)C[C@@H](O)C3)C2)CC1. The van der Waals surface area contributed by atoms with Crippen molar-refractivity contribution in [1.82, 2.24) is 0 Å². The van der Waals surface area contributed by atoms with Crippen molar-refractivity contribution in [2.45, 2.75) is 140 Å². The van der Waals surface area contributed by atoms with Gasteiger partial charge in [-0.3, -0.25) is 0 Å². The van der Waals surface area contributed by atoms with E-state index in [1.807, 2.05) is 0 Å². The molecule has 0 bridgehead atoms. The fourth-order valence-electron chi connectivity index (χ4n) is 6.36. The van der Waals surface area contributed by atoms with Gasteiger partial charge < -0.3 is 20.1 Å². The molecule has 0 amide bonds. The van der Waals surface area contributed by atoms with Gasteiger partial charge in [0.15, 0.2) is 0 Å². The highest BCUT2D eigenvalue weighted by Crippen LogP contribution is 2.49. The molecule has 194 valence electrons. The van der Waals surface area contributed by atoms with Gasteiger partial charge in [0.25, 0.3) is 0 Å². The van der Waals surface area contributed by atoms with Gasteiger partial charge in [0.1, 0.15) is 0 Å². The van der Waals surface area contributed by atoms with Crippen LogP contribution in [0.2, 0.25) is 0 Å². The van der Waals surface area contributed by atoms with E-state index in [0.29, 0.717) is 37.4 Å². The lowest BCUT2D eigenvalue weighted by atomic mass is 9.63. The van der Waals surface area contributed by atoms with Gasteiger partial charge in [0, 0.05) is 0 Å². The molecule has 3 saturated carbocycles. The summed E-state index contributed by atoms with van der Waals surface area (Å²) in [7, 11) is 0. The zero-order valence-electron chi connectivity index (χ0n) is 21.8. The van der Waals surface area contributed by atoms with Crippen LogP contribution < -0.4 is 0 Å². The molecule has 3 aliphatic rings. The van der Waals surface area contributed by atoms with Gasteiger partial charge in [0.2, 0.25) is 0 Å². The van der Waals surface area contributed by atoms with E-state index in [0.717, 1.165) is 32.1 Å². The van der Waals surface area contributed by atoms with E-state index >= 15 is 0 Å². The standard InChI is InChI=1S/C30H50O4/c1-3-30(33,4-2)16-7-5-6-8-19-34-28-13-17-29(18-14-28)15-9-10-24(23-29)11-12-25-20-26(31)22-27(32)21-25/h6,8,11-12,26-28,31-33H,3-5,7,9-10,13-23H2,1-2H3/b8-6+,24-11+/t26-,27-,28?,29?/m0/s1. The average Bonchev–Trinajstić information content (AvgIpc) is 2.83. The van der Waals surface area contributed by atoms with Gasteiger partial charge in [-0.05, 0) is 108 Å². The second-order valence-electron chi connectivity index (χ2n) is 11.5. The number of hydrogen-bond acceptors (Lipinski definition) is 4. The molecule has 0 saturated heterocycles. The van der Waals surface area contributed by atoms with Crippen molar-refractivity contribution >= 4 is 0 Å². The molecular weight excluding hydrogens is 424 g/mol. The van der Waals surface area contributed by atoms with Crippen molar-refractivity contribution in [2.24, 2.45) is 5.41 Å². The molecule has 0 heterocycles. The van der Waals surface area contributed by atoms with Crippen molar-refractivity contribution in [3.8, 4) is 0 Å². The molecule has 0 aromatic carbocycles. The molecule has 2 atom stereocenters. The Bertz CT molecular complexity index is 683. The highest BCUT2D eigenvalue weighted by molar-refractivity contribution is 5.22. The maximum Gasteiger partial charge on any atom is 0.0651 e. The molecule has 34 heavy (non-hydrogen) atoms. The van der Waals surface area contributed by atoms with Crippen molar-refractivity contribution in [1.29, 1.82) is 0 Å². The lowest BCUT2D eigenvalue weighted by Gasteiger charge is -2.43. The third kappa shape index (κ3) is 8.62. The molecule has 0 aromatic heterocycles. The topological polar surface area (TPSA) is 69.9 Å². The maximum absolute atomic E-state index is 10.4. The fourth-order valence-corrected chi connectivity index (χ4v) is 6.36. The quantitative estimate of drug-likeness (QED) is 0.248. The van der Waals surface area contributed by atoms with Gasteiger partial charge in [-0.2, -0.15) is 0 Å². The molecule has 3 N–H and O–H groups in total. The van der Waals surface area contributed by atoms with Crippen molar-refractivity contribution in [3.63, 3.8) is 0 Å². The second kappa shape index (κ2) is 13.4. The van der Waals surface area contributed by atoms with Gasteiger partial charge in [0.05, 0.1) is 30.5 Å². The first-order chi connectivity index (χ1) is 16.4. The number of unbranched alkanes of at least 4 members (excludes halogenated alkanes) is 1. The lowest BCUT2D eigenvalue weighted by molar-refractivity contribution is 0.00274. The first-order valence-electron chi connectivity index (χ1n) is 14.1. The minimum absolute atomic E-state index is 0.390. The molecule has 0 aromatic rings. The average molecular weight is 475 g/mol. The van der Waals surface area contributed by atoms with Gasteiger partial charge >= 0.3 is 0 Å². The minimum atomic E-state index is -0.478. The fraction of sp³-hybridized carbons (Fsp3) is 0.800. The summed E-state index contributed by atoms with van der Waals surface area (Å²) in [5.41, 5.74) is 2.72. The minimum Gasteiger partial charge on any atom is -0.393 e. The van der Waals surface area contributed by atoms with Crippen LogP contribution in [0.25, 0.3) is 0 Å².